The molecule has 0 aliphatic heterocycles. The van der Waals surface area contributed by atoms with Crippen molar-refractivity contribution in [3.8, 4) is 135 Å². The number of hydrogen-bond acceptors (Lipinski definition) is 20. The zero-order chi connectivity index (χ0) is 101. The number of H-pyrrole nitrogens is 8. The van der Waals surface area contributed by atoms with Crippen molar-refractivity contribution in [1.29, 1.82) is 0 Å². The standard InChI is InChI=1S/C29H24FN7O.C28H20FN7O.C28H22FN7O.C27H20FN7O/c1-16(2)9-25(38)33-21-11-18(13-31-15-21)19-12-23-27(36-37-28(23)32-14-19)29-34-24-8-4-7-22(26(24)35-29)17-5-3-6-20(30)10-17;29-19-4-1-3-16(9-19)21-5-2-6-23-24(21)34-27(33-23)25-22-11-18(13-31-26(22)36-35-25)17-10-20(14-30-12-17)32-28(37)15-7-8-15;1-15(2)28(37)32-20-10-17(12-30-14-20)18-11-22-25(35-36-26(22)31-13-18)27-33-23-8-4-7-21(24(23)34-27)16-5-3-6-19(29)9-16;1-2-23(36)31-19-10-16(12-29-14-19)17-11-21-25(34-35-26(21)30-13-17)27-32-22-8-4-7-20(24(22)33-27)15-5-3-6-18(28)9-15/h3-8,10-16H,9H2,1-2H3,(H,33,38)(H,34,35)(H,32,36,37);1-6,9-15H,7-8H2,(H,32,37)(H,33,34)(H,31,35,36);3-15H,1-2H3,(H,32,37)(H,33,34)(H,31,35,36);3-14H,2H2,1H3,(H,31,36)(H,32,33)(H,30,34,35). The van der Waals surface area contributed by atoms with Gasteiger partial charge in [0.15, 0.2) is 45.9 Å². The Kier molecular flexibility index (Phi) is 25.2. The second-order valence-corrected chi connectivity index (χ2v) is 36.3. The number of carbonyl (C=O) groups is 4. The number of benzene rings is 8. The van der Waals surface area contributed by atoms with Gasteiger partial charge in [-0.15, -0.1) is 0 Å². The third-order valence-electron chi connectivity index (χ3n) is 25.0. The number of rotatable bonds is 21. The van der Waals surface area contributed by atoms with E-state index >= 15 is 0 Å². The van der Waals surface area contributed by atoms with Crippen LogP contribution in [0.3, 0.4) is 0 Å². The molecule has 25 rings (SSSR count). The largest absolute Gasteiger partial charge is 0.337 e. The number of aromatic nitrogens is 24. The van der Waals surface area contributed by atoms with Gasteiger partial charge in [-0.05, 0) is 162 Å². The number of para-hydroxylation sites is 4. The SMILES string of the molecule is CC(C)C(=O)Nc1cncc(-c2cnc3n[nH]c(-c4nc5c(-c6cccc(F)c6)cccc5[nH]4)c3c2)c1.CC(C)CC(=O)Nc1cncc(-c2cnc3n[nH]c(-c4nc5c(-c6cccc(F)c6)cccc5[nH]4)c3c2)c1.CCC(=O)Nc1cncc(-c2cnc3n[nH]c(-c4nc5c(-c6cccc(F)c6)cccc5[nH]4)c3c2)c1.O=C(Nc1cncc(-c2cnc3n[nH]c(-c4nc5c(-c6cccc(F)c6)cccc5[nH]4)c3c2)c1)C1CC1. The zero-order valence-electron chi connectivity index (χ0n) is 79.6. The van der Waals surface area contributed by atoms with Gasteiger partial charge in [-0.25, -0.2) is 57.4 Å². The summed E-state index contributed by atoms with van der Waals surface area (Å²) >= 11 is 0. The van der Waals surface area contributed by atoms with E-state index in [0.29, 0.717) is 104 Å². The highest BCUT2D eigenvalue weighted by Crippen LogP contribution is 2.42. The average Bonchev–Trinajstić information content (AvgIpc) is 1.62. The molecule has 32 nitrogen and oxygen atoms in total. The van der Waals surface area contributed by atoms with Crippen molar-refractivity contribution in [3.63, 3.8) is 0 Å². The molecule has 16 heterocycles. The summed E-state index contributed by atoms with van der Waals surface area (Å²) in [4.78, 5) is 116. The van der Waals surface area contributed by atoms with E-state index in [1.165, 1.54) is 48.5 Å². The first-order chi connectivity index (χ1) is 72.1. The van der Waals surface area contributed by atoms with Crippen LogP contribution in [0.25, 0.3) is 223 Å². The Hall–Kier alpha value is -19.7. The molecule has 0 radical (unpaired) electrons. The third kappa shape index (κ3) is 19.7. The van der Waals surface area contributed by atoms with Gasteiger partial charge in [0, 0.05) is 141 Å². The number of nitrogens with one attached hydrogen (secondary N) is 12. The summed E-state index contributed by atoms with van der Waals surface area (Å²) < 4.78 is 55.5. The summed E-state index contributed by atoms with van der Waals surface area (Å²) in [6.07, 6.45) is 23.0. The summed E-state index contributed by atoms with van der Waals surface area (Å²) in [6, 6.07) is 64.3. The Morgan fingerprint density at radius 2 is 0.595 bits per heavy atom. The molecule has 0 unspecified atom stereocenters. The Balaban J connectivity index is 0.000000112. The normalized spacial score (nSPS) is 11.9. The smallest absolute Gasteiger partial charge is 0.227 e. The minimum Gasteiger partial charge on any atom is -0.337 e. The first kappa shape index (κ1) is 93.3. The van der Waals surface area contributed by atoms with E-state index in [1.807, 2.05) is 173 Å². The van der Waals surface area contributed by atoms with Crippen LogP contribution < -0.4 is 21.3 Å². The first-order valence-electron chi connectivity index (χ1n) is 47.5. The van der Waals surface area contributed by atoms with Crippen molar-refractivity contribution in [2.24, 2.45) is 17.8 Å². The Morgan fingerprint density at radius 3 is 0.872 bits per heavy atom. The molecular formula is C112H86F4N28O4. The van der Waals surface area contributed by atoms with Gasteiger partial charge in [-0.2, -0.15) is 20.4 Å². The van der Waals surface area contributed by atoms with E-state index in [2.05, 4.69) is 122 Å². The molecule has 0 atom stereocenters. The predicted molar refractivity (Wildman–Crippen MR) is 562 cm³/mol. The molecule has 4 amide bonds. The van der Waals surface area contributed by atoms with Crippen molar-refractivity contribution in [1.82, 2.24) is 121 Å². The maximum absolute atomic E-state index is 13.9. The van der Waals surface area contributed by atoms with Crippen LogP contribution in [0, 0.1) is 41.0 Å². The minimum atomic E-state index is -0.300. The molecule has 12 N–H and O–H groups in total. The lowest BCUT2D eigenvalue weighted by atomic mass is 10.0. The summed E-state index contributed by atoms with van der Waals surface area (Å²) in [5, 5.41) is 44.3. The van der Waals surface area contributed by atoms with Crippen LogP contribution in [0.4, 0.5) is 40.3 Å². The molecule has 148 heavy (non-hydrogen) atoms. The van der Waals surface area contributed by atoms with Gasteiger partial charge < -0.3 is 41.2 Å². The topological polar surface area (TPSA) is 449 Å². The lowest BCUT2D eigenvalue weighted by Crippen LogP contribution is -2.17. The number of imidazole rings is 4. The summed E-state index contributed by atoms with van der Waals surface area (Å²) in [6.45, 7) is 9.47. The second-order valence-electron chi connectivity index (χ2n) is 36.3. The molecule has 0 bridgehead atoms. The number of aromatic amines is 8. The highest BCUT2D eigenvalue weighted by Gasteiger charge is 2.31. The van der Waals surface area contributed by atoms with Gasteiger partial charge in [-0.3, -0.25) is 59.5 Å². The maximum atomic E-state index is 13.9. The van der Waals surface area contributed by atoms with Gasteiger partial charge in [0.05, 0.1) is 113 Å². The van der Waals surface area contributed by atoms with Crippen molar-refractivity contribution in [3.05, 3.63) is 316 Å². The van der Waals surface area contributed by atoms with Gasteiger partial charge in [0.2, 0.25) is 23.6 Å². The second kappa shape index (κ2) is 40.0. The number of halogens is 4. The highest BCUT2D eigenvalue weighted by atomic mass is 19.1. The van der Waals surface area contributed by atoms with Crippen LogP contribution >= 0.6 is 0 Å². The van der Waals surface area contributed by atoms with E-state index in [4.69, 9.17) is 19.9 Å². The minimum absolute atomic E-state index is 0.0344. The predicted octanol–water partition coefficient (Wildman–Crippen LogP) is 23.8. The quantitative estimate of drug-likeness (QED) is 0.0297. The van der Waals surface area contributed by atoms with E-state index in [9.17, 15) is 36.7 Å². The van der Waals surface area contributed by atoms with Crippen molar-refractivity contribution >= 4 is 135 Å². The molecule has 726 valence electrons. The van der Waals surface area contributed by atoms with Crippen LogP contribution in [-0.4, -0.2) is 144 Å². The van der Waals surface area contributed by atoms with Crippen LogP contribution in [0.1, 0.15) is 60.3 Å². The van der Waals surface area contributed by atoms with Gasteiger partial charge in [0.1, 0.15) is 46.0 Å². The number of fused-ring (bicyclic) bond motifs is 8. The van der Waals surface area contributed by atoms with E-state index in [-0.39, 0.29) is 64.7 Å². The molecule has 1 saturated carbocycles. The van der Waals surface area contributed by atoms with Gasteiger partial charge in [-0.1, -0.05) is 132 Å². The molecule has 1 aliphatic carbocycles. The Bertz CT molecular complexity index is 9010. The fourth-order valence-electron chi connectivity index (χ4n) is 17.5. The summed E-state index contributed by atoms with van der Waals surface area (Å²) in [5.41, 5.74) is 26.5. The molecule has 8 aromatic carbocycles. The van der Waals surface area contributed by atoms with Crippen molar-refractivity contribution in [2.75, 3.05) is 21.3 Å². The molecule has 0 spiro atoms. The molecule has 36 heteroatoms. The fourth-order valence-corrected chi connectivity index (χ4v) is 17.5. The number of amides is 4. The Morgan fingerprint density at radius 1 is 0.318 bits per heavy atom. The fraction of sp³-hybridized carbons (Fsp3) is 0.107. The highest BCUT2D eigenvalue weighted by molar-refractivity contribution is 6.05. The number of hydrogen-bond donors (Lipinski definition) is 12. The molecule has 16 aromatic heterocycles. The molecule has 1 fully saturated rings. The van der Waals surface area contributed by atoms with Gasteiger partial charge >= 0.3 is 0 Å². The lowest BCUT2D eigenvalue weighted by Gasteiger charge is -2.09. The molecule has 1 aliphatic rings. The number of carbonyl (C=O) groups excluding carboxylic acids is 4. The zero-order valence-corrected chi connectivity index (χ0v) is 79.6. The van der Waals surface area contributed by atoms with Gasteiger partial charge in [0.25, 0.3) is 0 Å². The lowest BCUT2D eigenvalue weighted by molar-refractivity contribution is -0.119. The number of anilines is 4. The average molecular weight is 1960 g/mol. The molecule has 0 saturated heterocycles. The molecule has 24 aromatic rings. The third-order valence-corrected chi connectivity index (χ3v) is 25.0. The monoisotopic (exact) mass is 1960 g/mol. The van der Waals surface area contributed by atoms with E-state index in [1.54, 1.807) is 106 Å². The number of nitrogens with zero attached hydrogens (tertiary/aromatic N) is 16. The van der Waals surface area contributed by atoms with Crippen molar-refractivity contribution < 1.29 is 36.7 Å². The molecular weight excluding hydrogens is 1880 g/mol. The van der Waals surface area contributed by atoms with Crippen LogP contribution in [-0.2, 0) is 19.2 Å². The van der Waals surface area contributed by atoms with Crippen molar-refractivity contribution in [2.45, 2.75) is 60.3 Å². The van der Waals surface area contributed by atoms with E-state index < -0.39 is 0 Å². The summed E-state index contributed by atoms with van der Waals surface area (Å²) in [5.74, 6) is 1.25. The van der Waals surface area contributed by atoms with Crippen LogP contribution in [0.5, 0.6) is 0 Å². The Labute approximate surface area is 837 Å². The first-order valence-corrected chi connectivity index (χ1v) is 47.5. The maximum Gasteiger partial charge on any atom is 0.227 e. The van der Waals surface area contributed by atoms with Crippen LogP contribution in [0.15, 0.2) is 293 Å². The number of pyridine rings is 8. The summed E-state index contributed by atoms with van der Waals surface area (Å²) in [7, 11) is 0. The van der Waals surface area contributed by atoms with Crippen LogP contribution in [0.2, 0.25) is 0 Å². The van der Waals surface area contributed by atoms with E-state index in [0.717, 1.165) is 168 Å².